The van der Waals surface area contributed by atoms with Crippen LogP contribution >= 0.6 is 11.3 Å². The zero-order valence-corrected chi connectivity index (χ0v) is 17.3. The van der Waals surface area contributed by atoms with Crippen molar-refractivity contribution >= 4 is 22.9 Å². The summed E-state index contributed by atoms with van der Waals surface area (Å²) in [6, 6.07) is 15.5. The van der Waals surface area contributed by atoms with E-state index in [-0.39, 0.29) is 12.3 Å². The van der Waals surface area contributed by atoms with Crippen LogP contribution in [0.15, 0.2) is 66.6 Å². The Labute approximate surface area is 178 Å². The first kappa shape index (κ1) is 19.8. The minimum Gasteiger partial charge on any atom is -0.493 e. The Bertz CT molecular complexity index is 1120. The standard InChI is InChI=1S/C22H21N5O2S/c1-2-29-20-9-4-3-8-19(20)22-26-18(13-30-22)11-21(28)25-17-7-5-6-16(10-17)12-27-15-23-14-24-27/h3-10,13-15H,2,11-12H2,1H3,(H,25,28). The van der Waals surface area contributed by atoms with Gasteiger partial charge in [0.25, 0.3) is 0 Å². The smallest absolute Gasteiger partial charge is 0.230 e. The summed E-state index contributed by atoms with van der Waals surface area (Å²) in [6.45, 7) is 3.14. The number of rotatable bonds is 8. The molecule has 2 aromatic heterocycles. The lowest BCUT2D eigenvalue weighted by Gasteiger charge is -2.08. The molecule has 0 unspecified atom stereocenters. The second kappa shape index (κ2) is 9.32. The first-order valence-corrected chi connectivity index (χ1v) is 10.5. The van der Waals surface area contributed by atoms with E-state index < -0.39 is 0 Å². The predicted molar refractivity (Wildman–Crippen MR) is 117 cm³/mol. The van der Waals surface area contributed by atoms with Gasteiger partial charge < -0.3 is 10.1 Å². The zero-order valence-electron chi connectivity index (χ0n) is 16.5. The van der Waals surface area contributed by atoms with Crippen molar-refractivity contribution in [2.24, 2.45) is 0 Å². The highest BCUT2D eigenvalue weighted by Crippen LogP contribution is 2.32. The zero-order chi connectivity index (χ0) is 20.8. The molecule has 0 radical (unpaired) electrons. The number of hydrogen-bond donors (Lipinski definition) is 1. The number of nitrogens with zero attached hydrogens (tertiary/aromatic N) is 4. The highest BCUT2D eigenvalue weighted by molar-refractivity contribution is 7.13. The molecule has 8 heteroatoms. The third-order valence-corrected chi connectivity index (χ3v) is 5.26. The van der Waals surface area contributed by atoms with Gasteiger partial charge in [-0.1, -0.05) is 24.3 Å². The number of carbonyl (C=O) groups is 1. The van der Waals surface area contributed by atoms with Gasteiger partial charge in [-0.25, -0.2) is 14.6 Å². The van der Waals surface area contributed by atoms with E-state index in [0.29, 0.717) is 13.2 Å². The molecular formula is C22H21N5O2S. The lowest BCUT2D eigenvalue weighted by molar-refractivity contribution is -0.115. The first-order valence-electron chi connectivity index (χ1n) is 9.59. The van der Waals surface area contributed by atoms with Crippen LogP contribution in [0.1, 0.15) is 18.2 Å². The van der Waals surface area contributed by atoms with Crippen LogP contribution in [0.2, 0.25) is 0 Å². The largest absolute Gasteiger partial charge is 0.493 e. The Morgan fingerprint density at radius 1 is 1.20 bits per heavy atom. The SMILES string of the molecule is CCOc1ccccc1-c1nc(CC(=O)Nc2cccc(Cn3cncn3)c2)cs1. The van der Waals surface area contributed by atoms with Crippen molar-refractivity contribution < 1.29 is 9.53 Å². The van der Waals surface area contributed by atoms with Crippen LogP contribution in [0.4, 0.5) is 5.69 Å². The maximum atomic E-state index is 12.5. The number of aromatic nitrogens is 4. The molecule has 0 aliphatic rings. The summed E-state index contributed by atoms with van der Waals surface area (Å²) in [5, 5.41) is 9.81. The van der Waals surface area contributed by atoms with Crippen LogP contribution in [0, 0.1) is 0 Å². The molecule has 0 aliphatic heterocycles. The molecule has 4 aromatic rings. The van der Waals surface area contributed by atoms with Crippen molar-refractivity contribution in [3.8, 4) is 16.3 Å². The molecule has 7 nitrogen and oxygen atoms in total. The second-order valence-electron chi connectivity index (χ2n) is 6.59. The van der Waals surface area contributed by atoms with Crippen LogP contribution < -0.4 is 10.1 Å². The highest BCUT2D eigenvalue weighted by atomic mass is 32.1. The normalized spacial score (nSPS) is 10.7. The Hall–Kier alpha value is -3.52. The number of carbonyl (C=O) groups excluding carboxylic acids is 1. The monoisotopic (exact) mass is 419 g/mol. The fraction of sp³-hybridized carbons (Fsp3) is 0.182. The maximum absolute atomic E-state index is 12.5. The number of benzene rings is 2. The van der Waals surface area contributed by atoms with E-state index in [9.17, 15) is 4.79 Å². The number of para-hydroxylation sites is 1. The molecule has 0 saturated heterocycles. The lowest BCUT2D eigenvalue weighted by Crippen LogP contribution is -2.14. The Balaban J connectivity index is 1.41. The Kier molecular flexibility index (Phi) is 6.14. The van der Waals surface area contributed by atoms with E-state index >= 15 is 0 Å². The molecule has 0 saturated carbocycles. The number of hydrogen-bond acceptors (Lipinski definition) is 6. The summed E-state index contributed by atoms with van der Waals surface area (Å²) in [4.78, 5) is 21.1. The Morgan fingerprint density at radius 3 is 2.93 bits per heavy atom. The van der Waals surface area contributed by atoms with E-state index in [2.05, 4.69) is 20.4 Å². The summed E-state index contributed by atoms with van der Waals surface area (Å²) in [7, 11) is 0. The average molecular weight is 420 g/mol. The molecule has 0 aliphatic carbocycles. The van der Waals surface area contributed by atoms with E-state index in [4.69, 9.17) is 4.74 Å². The summed E-state index contributed by atoms with van der Waals surface area (Å²) >= 11 is 1.51. The van der Waals surface area contributed by atoms with E-state index in [0.717, 1.165) is 33.3 Å². The highest BCUT2D eigenvalue weighted by Gasteiger charge is 2.13. The van der Waals surface area contributed by atoms with Gasteiger partial charge in [0, 0.05) is 11.1 Å². The van der Waals surface area contributed by atoms with Gasteiger partial charge in [-0.3, -0.25) is 4.79 Å². The van der Waals surface area contributed by atoms with Crippen LogP contribution in [-0.2, 0) is 17.8 Å². The van der Waals surface area contributed by atoms with E-state index in [1.807, 2.05) is 60.8 Å². The van der Waals surface area contributed by atoms with Crippen LogP contribution in [0.25, 0.3) is 10.6 Å². The Morgan fingerprint density at radius 2 is 2.10 bits per heavy atom. The number of anilines is 1. The average Bonchev–Trinajstić information content (AvgIpc) is 3.41. The van der Waals surface area contributed by atoms with Crippen molar-refractivity contribution in [3.63, 3.8) is 0 Å². The molecule has 30 heavy (non-hydrogen) atoms. The number of ether oxygens (including phenoxy) is 1. The van der Waals surface area contributed by atoms with E-state index in [1.165, 1.54) is 17.7 Å². The van der Waals surface area contributed by atoms with Gasteiger partial charge in [-0.2, -0.15) is 5.10 Å². The number of nitrogens with one attached hydrogen (secondary N) is 1. The van der Waals surface area contributed by atoms with Gasteiger partial charge in [-0.05, 0) is 36.8 Å². The van der Waals surface area contributed by atoms with Gasteiger partial charge in [0.05, 0.1) is 30.8 Å². The number of amides is 1. The molecular weight excluding hydrogens is 398 g/mol. The summed E-state index contributed by atoms with van der Waals surface area (Å²) in [5.74, 6) is 0.692. The molecule has 4 rings (SSSR count). The van der Waals surface area contributed by atoms with Gasteiger partial charge >= 0.3 is 0 Å². The molecule has 0 fully saturated rings. The van der Waals surface area contributed by atoms with Crippen molar-refractivity contribution in [1.29, 1.82) is 0 Å². The maximum Gasteiger partial charge on any atom is 0.230 e. The third-order valence-electron chi connectivity index (χ3n) is 4.33. The molecule has 2 heterocycles. The van der Waals surface area contributed by atoms with E-state index in [1.54, 1.807) is 11.0 Å². The molecule has 0 atom stereocenters. The predicted octanol–water partition coefficient (Wildman–Crippen LogP) is 4.03. The lowest BCUT2D eigenvalue weighted by atomic mass is 10.2. The third kappa shape index (κ3) is 4.90. The van der Waals surface area contributed by atoms with Gasteiger partial charge in [0.2, 0.25) is 5.91 Å². The summed E-state index contributed by atoms with van der Waals surface area (Å²) in [5.41, 5.74) is 3.45. The molecule has 0 spiro atoms. The van der Waals surface area contributed by atoms with Crippen LogP contribution in [0.5, 0.6) is 5.75 Å². The first-order chi connectivity index (χ1) is 14.7. The van der Waals surface area contributed by atoms with Crippen molar-refractivity contribution in [1.82, 2.24) is 19.7 Å². The van der Waals surface area contributed by atoms with Crippen LogP contribution in [-0.4, -0.2) is 32.3 Å². The van der Waals surface area contributed by atoms with Gasteiger partial charge in [-0.15, -0.1) is 11.3 Å². The quantitative estimate of drug-likeness (QED) is 0.466. The second-order valence-corrected chi connectivity index (χ2v) is 7.45. The fourth-order valence-corrected chi connectivity index (χ4v) is 3.90. The molecule has 2 aromatic carbocycles. The van der Waals surface area contributed by atoms with Gasteiger partial charge in [0.15, 0.2) is 0 Å². The molecule has 1 N–H and O–H groups in total. The molecule has 1 amide bonds. The minimum atomic E-state index is -0.108. The van der Waals surface area contributed by atoms with Gasteiger partial charge in [0.1, 0.15) is 23.4 Å². The topological polar surface area (TPSA) is 81.9 Å². The fourth-order valence-electron chi connectivity index (χ4n) is 3.06. The van der Waals surface area contributed by atoms with Crippen molar-refractivity contribution in [2.75, 3.05) is 11.9 Å². The van der Waals surface area contributed by atoms with Crippen LogP contribution in [0.3, 0.4) is 0 Å². The van der Waals surface area contributed by atoms with Crippen molar-refractivity contribution in [3.05, 3.63) is 77.8 Å². The molecule has 0 bridgehead atoms. The minimum absolute atomic E-state index is 0.108. The van der Waals surface area contributed by atoms with Crippen molar-refractivity contribution in [2.45, 2.75) is 19.9 Å². The summed E-state index contributed by atoms with van der Waals surface area (Å²) in [6.07, 6.45) is 3.37. The summed E-state index contributed by atoms with van der Waals surface area (Å²) < 4.78 is 7.42. The number of thiazole rings is 1. The molecule has 152 valence electrons.